The summed E-state index contributed by atoms with van der Waals surface area (Å²) in [5.41, 5.74) is 6.48. The fourth-order valence-corrected chi connectivity index (χ4v) is 3.07. The number of carbonyl (C=O) groups excluding carboxylic acids is 1. The molecule has 1 amide bonds. The summed E-state index contributed by atoms with van der Waals surface area (Å²) >= 11 is 0. The van der Waals surface area contributed by atoms with Crippen LogP contribution in [0.25, 0.3) is 0 Å². The lowest BCUT2D eigenvalue weighted by molar-refractivity contribution is -0.122. The van der Waals surface area contributed by atoms with Gasteiger partial charge in [0.15, 0.2) is 6.10 Å². The summed E-state index contributed by atoms with van der Waals surface area (Å²) in [6, 6.07) is 10.2. The first kappa shape index (κ1) is 18.1. The highest BCUT2D eigenvalue weighted by atomic mass is 16.5. The topological polar surface area (TPSA) is 38.3 Å². The SMILES string of the molecule is CC[C@H](Oc1cc(C)cc(C)c1)C(=O)Nc1c(C)cc(C)cc1C. The van der Waals surface area contributed by atoms with E-state index in [0.717, 1.165) is 33.7 Å². The number of hydrogen-bond acceptors (Lipinski definition) is 2. The molecule has 1 atom stereocenters. The predicted octanol–water partition coefficient (Wildman–Crippen LogP) is 5.02. The van der Waals surface area contributed by atoms with Gasteiger partial charge < -0.3 is 10.1 Å². The lowest BCUT2D eigenvalue weighted by atomic mass is 10.0. The first-order chi connectivity index (χ1) is 11.3. The van der Waals surface area contributed by atoms with E-state index in [1.54, 1.807) is 0 Å². The molecule has 0 spiro atoms. The molecule has 0 aliphatic rings. The second-order valence-electron chi connectivity index (χ2n) is 6.60. The molecular weight excluding hydrogens is 298 g/mol. The summed E-state index contributed by atoms with van der Waals surface area (Å²) in [5.74, 6) is 0.638. The van der Waals surface area contributed by atoms with E-state index in [9.17, 15) is 4.79 Å². The highest BCUT2D eigenvalue weighted by Gasteiger charge is 2.20. The lowest BCUT2D eigenvalue weighted by Crippen LogP contribution is -2.33. The molecule has 2 aromatic carbocycles. The summed E-state index contributed by atoms with van der Waals surface area (Å²) in [5, 5.41) is 3.04. The Labute approximate surface area is 145 Å². The smallest absolute Gasteiger partial charge is 0.265 e. The maximum atomic E-state index is 12.7. The van der Waals surface area contributed by atoms with Crippen LogP contribution in [0, 0.1) is 34.6 Å². The van der Waals surface area contributed by atoms with Crippen LogP contribution in [0.3, 0.4) is 0 Å². The first-order valence-electron chi connectivity index (χ1n) is 8.43. The molecule has 0 fully saturated rings. The average Bonchev–Trinajstić information content (AvgIpc) is 2.47. The largest absolute Gasteiger partial charge is 0.481 e. The minimum absolute atomic E-state index is 0.105. The number of nitrogens with one attached hydrogen (secondary N) is 1. The molecule has 2 rings (SSSR count). The highest BCUT2D eigenvalue weighted by Crippen LogP contribution is 2.23. The van der Waals surface area contributed by atoms with Gasteiger partial charge in [-0.15, -0.1) is 0 Å². The Morgan fingerprint density at radius 3 is 1.92 bits per heavy atom. The van der Waals surface area contributed by atoms with E-state index in [2.05, 4.69) is 30.4 Å². The third-order valence-corrected chi connectivity index (χ3v) is 4.06. The molecule has 0 aliphatic carbocycles. The molecular formula is C21H27NO2. The molecule has 24 heavy (non-hydrogen) atoms. The fraction of sp³-hybridized carbons (Fsp3) is 0.381. The quantitative estimate of drug-likeness (QED) is 0.838. The number of anilines is 1. The fourth-order valence-electron chi connectivity index (χ4n) is 3.07. The molecule has 0 saturated carbocycles. The van der Waals surface area contributed by atoms with Gasteiger partial charge in [-0.2, -0.15) is 0 Å². The molecule has 3 heteroatoms. The van der Waals surface area contributed by atoms with E-state index < -0.39 is 6.10 Å². The van der Waals surface area contributed by atoms with Gasteiger partial charge in [0.05, 0.1) is 0 Å². The number of amides is 1. The van der Waals surface area contributed by atoms with Crippen molar-refractivity contribution in [1.29, 1.82) is 0 Å². The molecule has 0 aliphatic heterocycles. The second-order valence-corrected chi connectivity index (χ2v) is 6.60. The maximum absolute atomic E-state index is 12.7. The zero-order valence-corrected chi connectivity index (χ0v) is 15.5. The van der Waals surface area contributed by atoms with Gasteiger partial charge in [-0.3, -0.25) is 4.79 Å². The molecule has 3 nitrogen and oxygen atoms in total. The Morgan fingerprint density at radius 2 is 1.42 bits per heavy atom. The van der Waals surface area contributed by atoms with Crippen molar-refractivity contribution >= 4 is 11.6 Å². The van der Waals surface area contributed by atoms with Gasteiger partial charge in [0.1, 0.15) is 5.75 Å². The van der Waals surface area contributed by atoms with E-state index in [0.29, 0.717) is 6.42 Å². The Balaban J connectivity index is 2.17. The summed E-state index contributed by atoms with van der Waals surface area (Å²) < 4.78 is 5.95. The summed E-state index contributed by atoms with van der Waals surface area (Å²) in [6.07, 6.45) is 0.106. The number of benzene rings is 2. The number of rotatable bonds is 5. The molecule has 1 N–H and O–H groups in total. The van der Waals surface area contributed by atoms with Crippen LogP contribution < -0.4 is 10.1 Å². The van der Waals surface area contributed by atoms with Crippen LogP contribution in [-0.4, -0.2) is 12.0 Å². The second kappa shape index (κ2) is 7.52. The molecule has 0 aromatic heterocycles. The molecule has 0 saturated heterocycles. The molecule has 0 heterocycles. The Hall–Kier alpha value is -2.29. The van der Waals surface area contributed by atoms with Crippen molar-refractivity contribution in [2.45, 2.75) is 54.1 Å². The van der Waals surface area contributed by atoms with Crippen molar-refractivity contribution in [2.75, 3.05) is 5.32 Å². The average molecular weight is 325 g/mol. The van der Waals surface area contributed by atoms with Crippen molar-refractivity contribution < 1.29 is 9.53 Å². The van der Waals surface area contributed by atoms with Crippen molar-refractivity contribution in [1.82, 2.24) is 0 Å². The number of hydrogen-bond donors (Lipinski definition) is 1. The Kier molecular flexibility index (Phi) is 5.66. The third kappa shape index (κ3) is 4.38. The zero-order chi connectivity index (χ0) is 17.9. The van der Waals surface area contributed by atoms with Crippen LogP contribution in [0.1, 0.15) is 41.2 Å². The van der Waals surface area contributed by atoms with Crippen molar-refractivity contribution in [3.63, 3.8) is 0 Å². The highest BCUT2D eigenvalue weighted by molar-refractivity contribution is 5.95. The molecule has 0 bridgehead atoms. The van der Waals surface area contributed by atoms with E-state index >= 15 is 0 Å². The van der Waals surface area contributed by atoms with E-state index in [-0.39, 0.29) is 5.91 Å². The minimum atomic E-state index is -0.508. The monoisotopic (exact) mass is 325 g/mol. The van der Waals surface area contributed by atoms with E-state index in [1.165, 1.54) is 5.56 Å². The molecule has 0 radical (unpaired) electrons. The standard InChI is InChI=1S/C21H27NO2/c1-7-19(24-18-11-13(2)8-14(3)12-18)21(23)22-20-16(5)9-15(4)10-17(20)6/h8-12,19H,7H2,1-6H3,(H,22,23)/t19-/m0/s1. The molecule has 128 valence electrons. The Morgan fingerprint density at radius 1 is 0.917 bits per heavy atom. The van der Waals surface area contributed by atoms with Gasteiger partial charge in [-0.05, 0) is 75.4 Å². The number of ether oxygens (including phenoxy) is 1. The summed E-state index contributed by atoms with van der Waals surface area (Å²) in [7, 11) is 0. The molecule has 2 aromatic rings. The van der Waals surface area contributed by atoms with Gasteiger partial charge in [0.25, 0.3) is 5.91 Å². The van der Waals surface area contributed by atoms with Gasteiger partial charge in [-0.25, -0.2) is 0 Å². The number of aryl methyl sites for hydroxylation is 5. The van der Waals surface area contributed by atoms with Crippen LogP contribution in [0.4, 0.5) is 5.69 Å². The first-order valence-corrected chi connectivity index (χ1v) is 8.43. The summed E-state index contributed by atoms with van der Waals surface area (Å²) in [4.78, 5) is 12.7. The molecule has 0 unspecified atom stereocenters. The maximum Gasteiger partial charge on any atom is 0.265 e. The van der Waals surface area contributed by atoms with Gasteiger partial charge in [-0.1, -0.05) is 30.7 Å². The third-order valence-electron chi connectivity index (χ3n) is 4.06. The minimum Gasteiger partial charge on any atom is -0.481 e. The van der Waals surface area contributed by atoms with Crippen LogP contribution in [-0.2, 0) is 4.79 Å². The normalized spacial score (nSPS) is 11.9. The van der Waals surface area contributed by atoms with Crippen LogP contribution in [0.5, 0.6) is 5.75 Å². The van der Waals surface area contributed by atoms with Crippen LogP contribution in [0.15, 0.2) is 30.3 Å². The van der Waals surface area contributed by atoms with Gasteiger partial charge in [0, 0.05) is 5.69 Å². The Bertz CT molecular complexity index is 706. The van der Waals surface area contributed by atoms with Crippen molar-refractivity contribution in [2.24, 2.45) is 0 Å². The van der Waals surface area contributed by atoms with E-state index in [4.69, 9.17) is 4.74 Å². The van der Waals surface area contributed by atoms with Crippen LogP contribution >= 0.6 is 0 Å². The van der Waals surface area contributed by atoms with Crippen molar-refractivity contribution in [3.8, 4) is 5.75 Å². The predicted molar refractivity (Wildman–Crippen MR) is 99.9 cm³/mol. The van der Waals surface area contributed by atoms with Gasteiger partial charge in [0.2, 0.25) is 0 Å². The van der Waals surface area contributed by atoms with Crippen molar-refractivity contribution in [3.05, 3.63) is 58.1 Å². The van der Waals surface area contributed by atoms with E-state index in [1.807, 2.05) is 46.8 Å². The van der Waals surface area contributed by atoms with Crippen LogP contribution in [0.2, 0.25) is 0 Å². The number of carbonyl (C=O) groups is 1. The summed E-state index contributed by atoms with van der Waals surface area (Å²) in [6.45, 7) is 12.1. The zero-order valence-electron chi connectivity index (χ0n) is 15.5. The lowest BCUT2D eigenvalue weighted by Gasteiger charge is -2.20. The van der Waals surface area contributed by atoms with Gasteiger partial charge >= 0.3 is 0 Å².